The lowest BCUT2D eigenvalue weighted by Crippen LogP contribution is -2.14. The molecule has 0 spiro atoms. The van der Waals surface area contributed by atoms with Gasteiger partial charge in [-0.05, 0) is 63.1 Å². The van der Waals surface area contributed by atoms with Crippen LogP contribution in [0.25, 0.3) is 0 Å². The van der Waals surface area contributed by atoms with Gasteiger partial charge >= 0.3 is 5.97 Å². The molecule has 0 bridgehead atoms. The fourth-order valence-corrected chi connectivity index (χ4v) is 2.46. The van der Waals surface area contributed by atoms with E-state index in [4.69, 9.17) is 4.74 Å². The molecule has 0 amide bonds. The highest BCUT2D eigenvalue weighted by Gasteiger charge is 2.16. The first kappa shape index (κ1) is 20.6. The number of carbonyl (C=O) groups is 1. The van der Waals surface area contributed by atoms with Crippen LogP contribution in [0.3, 0.4) is 0 Å². The van der Waals surface area contributed by atoms with Crippen LogP contribution in [0.15, 0.2) is 29.3 Å². The van der Waals surface area contributed by atoms with Crippen molar-refractivity contribution in [1.82, 2.24) is 4.90 Å². The molecule has 0 aliphatic carbocycles. The smallest absolute Gasteiger partial charge is 0.338 e. The van der Waals surface area contributed by atoms with Crippen molar-refractivity contribution >= 4 is 18.0 Å². The van der Waals surface area contributed by atoms with Gasteiger partial charge in [-0.3, -0.25) is 0 Å². The number of aliphatic imine (C=N–C) groups is 1. The van der Waals surface area contributed by atoms with Gasteiger partial charge in [0.15, 0.2) is 0 Å². The first-order valence-corrected chi connectivity index (χ1v) is 8.71. The number of esters is 1. The molecule has 0 atom stereocenters. The summed E-state index contributed by atoms with van der Waals surface area (Å²) in [4.78, 5) is 18.8. The molecule has 0 fully saturated rings. The summed E-state index contributed by atoms with van der Waals surface area (Å²) in [6, 6.07) is 5.85. The van der Waals surface area contributed by atoms with Gasteiger partial charge in [0.1, 0.15) is 18.2 Å². The number of hydrogen-bond donors (Lipinski definition) is 0. The zero-order chi connectivity index (χ0) is 20.1. The van der Waals surface area contributed by atoms with Gasteiger partial charge in [0, 0.05) is 24.7 Å². The van der Waals surface area contributed by atoms with Crippen molar-refractivity contribution in [3.8, 4) is 0 Å². The van der Waals surface area contributed by atoms with Crippen molar-refractivity contribution in [3.05, 3.63) is 63.7 Å². The van der Waals surface area contributed by atoms with Crippen LogP contribution in [0.1, 0.15) is 39.5 Å². The zero-order valence-electron chi connectivity index (χ0n) is 16.3. The van der Waals surface area contributed by atoms with E-state index >= 15 is 0 Å². The van der Waals surface area contributed by atoms with E-state index in [0.29, 0.717) is 5.56 Å². The lowest BCUT2D eigenvalue weighted by Gasteiger charge is -2.13. The number of ether oxygens (including phenoxy) is 1. The summed E-state index contributed by atoms with van der Waals surface area (Å²) in [5.74, 6) is -1.88. The number of benzene rings is 2. The summed E-state index contributed by atoms with van der Waals surface area (Å²) in [6.45, 7) is 7.65. The van der Waals surface area contributed by atoms with Crippen LogP contribution in [0.5, 0.6) is 0 Å². The molecule has 27 heavy (non-hydrogen) atoms. The molecule has 4 nitrogen and oxygen atoms in total. The summed E-state index contributed by atoms with van der Waals surface area (Å²) < 4.78 is 32.6. The third kappa shape index (κ3) is 4.70. The Morgan fingerprint density at radius 1 is 1.11 bits per heavy atom. The van der Waals surface area contributed by atoms with Crippen molar-refractivity contribution in [2.45, 2.75) is 34.3 Å². The molecular weight excluding hydrogens is 350 g/mol. The molecule has 0 saturated carbocycles. The fraction of sp³-hybridized carbons (Fsp3) is 0.333. The maximum absolute atomic E-state index is 14.0. The molecule has 0 aromatic heterocycles. The van der Waals surface area contributed by atoms with E-state index in [2.05, 4.69) is 4.99 Å². The summed E-state index contributed by atoms with van der Waals surface area (Å²) >= 11 is 0. The predicted octanol–water partition coefficient (Wildman–Crippen LogP) is 4.86. The maximum atomic E-state index is 14.0. The molecule has 0 saturated heterocycles. The molecule has 0 aliphatic rings. The minimum absolute atomic E-state index is 0.0881. The standard InChI is InChI=1S/C21H24F2N2O2/c1-6-25(5)12-24-19-10-8-17(13(2)14(19)3)21(26)27-11-16-7-9-18(22)15(4)20(16)23/h7-10,12H,6,11H2,1-5H3. The maximum Gasteiger partial charge on any atom is 0.338 e. The van der Waals surface area contributed by atoms with Crippen molar-refractivity contribution in [2.24, 2.45) is 4.99 Å². The van der Waals surface area contributed by atoms with E-state index in [-0.39, 0.29) is 17.7 Å². The number of hydrogen-bond acceptors (Lipinski definition) is 3. The van der Waals surface area contributed by atoms with Gasteiger partial charge in [-0.25, -0.2) is 18.6 Å². The first-order chi connectivity index (χ1) is 12.8. The van der Waals surface area contributed by atoms with Crippen LogP contribution < -0.4 is 0 Å². The van der Waals surface area contributed by atoms with Crippen LogP contribution in [0.4, 0.5) is 14.5 Å². The van der Waals surface area contributed by atoms with Crippen molar-refractivity contribution in [2.75, 3.05) is 13.6 Å². The topological polar surface area (TPSA) is 41.9 Å². The molecule has 2 rings (SSSR count). The Labute approximate surface area is 158 Å². The van der Waals surface area contributed by atoms with E-state index in [0.717, 1.165) is 29.4 Å². The second-order valence-electron chi connectivity index (χ2n) is 6.42. The molecule has 0 aliphatic heterocycles. The van der Waals surface area contributed by atoms with Crippen molar-refractivity contribution in [3.63, 3.8) is 0 Å². The molecule has 0 radical (unpaired) electrons. The Kier molecular flexibility index (Phi) is 6.66. The quantitative estimate of drug-likeness (QED) is 0.412. The van der Waals surface area contributed by atoms with Crippen LogP contribution in [0.2, 0.25) is 0 Å². The molecule has 2 aromatic rings. The molecular formula is C21H24F2N2O2. The van der Waals surface area contributed by atoms with E-state index < -0.39 is 17.6 Å². The van der Waals surface area contributed by atoms with Crippen LogP contribution >= 0.6 is 0 Å². The van der Waals surface area contributed by atoms with Crippen molar-refractivity contribution in [1.29, 1.82) is 0 Å². The average Bonchev–Trinajstić information content (AvgIpc) is 2.66. The molecule has 144 valence electrons. The highest BCUT2D eigenvalue weighted by atomic mass is 19.1. The lowest BCUT2D eigenvalue weighted by molar-refractivity contribution is 0.0467. The minimum Gasteiger partial charge on any atom is -0.457 e. The van der Waals surface area contributed by atoms with E-state index in [9.17, 15) is 13.6 Å². The third-order valence-electron chi connectivity index (χ3n) is 4.63. The van der Waals surface area contributed by atoms with Gasteiger partial charge in [0.2, 0.25) is 0 Å². The highest BCUT2D eigenvalue weighted by Crippen LogP contribution is 2.25. The summed E-state index contributed by atoms with van der Waals surface area (Å²) in [5, 5.41) is 0. The van der Waals surface area contributed by atoms with Crippen LogP contribution in [0, 0.1) is 32.4 Å². The van der Waals surface area contributed by atoms with Gasteiger partial charge in [0.25, 0.3) is 0 Å². The van der Waals surface area contributed by atoms with E-state index in [1.54, 1.807) is 18.5 Å². The second-order valence-corrected chi connectivity index (χ2v) is 6.42. The summed E-state index contributed by atoms with van der Waals surface area (Å²) in [7, 11) is 1.92. The SMILES string of the molecule is CCN(C)C=Nc1ccc(C(=O)OCc2ccc(F)c(C)c2F)c(C)c1C. The monoisotopic (exact) mass is 374 g/mol. The highest BCUT2D eigenvalue weighted by molar-refractivity contribution is 5.92. The average molecular weight is 374 g/mol. The van der Waals surface area contributed by atoms with E-state index in [1.807, 2.05) is 32.7 Å². The van der Waals surface area contributed by atoms with Gasteiger partial charge in [-0.1, -0.05) is 0 Å². The second kappa shape index (κ2) is 8.75. The number of rotatable bonds is 6. The van der Waals surface area contributed by atoms with Gasteiger partial charge in [0.05, 0.1) is 17.6 Å². The Bertz CT molecular complexity index is 879. The molecule has 0 N–H and O–H groups in total. The Hall–Kier alpha value is -2.76. The predicted molar refractivity (Wildman–Crippen MR) is 103 cm³/mol. The summed E-state index contributed by atoms with van der Waals surface area (Å²) in [6.07, 6.45) is 1.74. The summed E-state index contributed by atoms with van der Waals surface area (Å²) in [5.41, 5.74) is 2.84. The van der Waals surface area contributed by atoms with Crippen LogP contribution in [-0.2, 0) is 11.3 Å². The number of carbonyl (C=O) groups excluding carboxylic acids is 1. The third-order valence-corrected chi connectivity index (χ3v) is 4.63. The van der Waals surface area contributed by atoms with Crippen molar-refractivity contribution < 1.29 is 18.3 Å². The van der Waals surface area contributed by atoms with E-state index in [1.165, 1.54) is 13.0 Å². The molecule has 0 heterocycles. The Balaban J connectivity index is 2.16. The van der Waals surface area contributed by atoms with Crippen LogP contribution in [-0.4, -0.2) is 30.8 Å². The fourth-order valence-electron chi connectivity index (χ4n) is 2.46. The normalized spacial score (nSPS) is 11.1. The number of nitrogens with zero attached hydrogens (tertiary/aromatic N) is 2. The Morgan fingerprint density at radius 3 is 2.48 bits per heavy atom. The largest absolute Gasteiger partial charge is 0.457 e. The van der Waals surface area contributed by atoms with Gasteiger partial charge < -0.3 is 9.64 Å². The lowest BCUT2D eigenvalue weighted by atomic mass is 10.0. The Morgan fingerprint density at radius 2 is 1.81 bits per heavy atom. The molecule has 2 aromatic carbocycles. The zero-order valence-corrected chi connectivity index (χ0v) is 16.3. The van der Waals surface area contributed by atoms with Gasteiger partial charge in [-0.15, -0.1) is 0 Å². The number of halogens is 2. The molecule has 6 heteroatoms. The molecule has 0 unspecified atom stereocenters. The minimum atomic E-state index is -0.694. The first-order valence-electron chi connectivity index (χ1n) is 8.71. The van der Waals surface area contributed by atoms with Gasteiger partial charge in [-0.2, -0.15) is 0 Å².